The van der Waals surface area contributed by atoms with Crippen molar-refractivity contribution in [2.24, 2.45) is 5.41 Å². The van der Waals surface area contributed by atoms with E-state index in [1.807, 2.05) is 30.3 Å². The standard InChI is InChI=1S/C20H28N2O5S/c1-2-27-19(23)20(14-16-6-4-3-5-7-16)15-17-8-9-18(20)22(17)28(24,25)21-10-12-26-13-11-21/h3-7,17-18H,2,8-15H2,1H3/t17-,18+,20+/m1/s1. The van der Waals surface area contributed by atoms with Gasteiger partial charge in [0.2, 0.25) is 0 Å². The van der Waals surface area contributed by atoms with Crippen molar-refractivity contribution in [1.82, 2.24) is 8.61 Å². The highest BCUT2D eigenvalue weighted by atomic mass is 32.2. The van der Waals surface area contributed by atoms with Crippen molar-refractivity contribution < 1.29 is 22.7 Å². The van der Waals surface area contributed by atoms with Crippen LogP contribution in [0.25, 0.3) is 0 Å². The summed E-state index contributed by atoms with van der Waals surface area (Å²) < 4.78 is 40.7. The number of hydrogen-bond donors (Lipinski definition) is 0. The SMILES string of the molecule is CCOC(=O)[C@@]1(Cc2ccccc2)C[C@H]2CC[C@@H]1N2S(=O)(=O)N1CCOCC1. The van der Waals surface area contributed by atoms with Crippen LogP contribution in [0.2, 0.25) is 0 Å². The second-order valence-corrected chi connectivity index (χ2v) is 9.67. The summed E-state index contributed by atoms with van der Waals surface area (Å²) in [6.45, 7) is 3.64. The fourth-order valence-corrected chi connectivity index (χ4v) is 7.17. The highest BCUT2D eigenvalue weighted by Crippen LogP contribution is 2.53. The predicted octanol–water partition coefficient (Wildman–Crippen LogP) is 1.59. The lowest BCUT2D eigenvalue weighted by Gasteiger charge is -2.36. The molecule has 154 valence electrons. The number of rotatable bonds is 6. The van der Waals surface area contributed by atoms with E-state index in [1.54, 1.807) is 11.2 Å². The minimum absolute atomic E-state index is 0.147. The Kier molecular flexibility index (Phi) is 5.48. The van der Waals surface area contributed by atoms with E-state index in [4.69, 9.17) is 9.47 Å². The third-order valence-electron chi connectivity index (χ3n) is 6.29. The van der Waals surface area contributed by atoms with Gasteiger partial charge in [0.05, 0.1) is 25.2 Å². The highest BCUT2D eigenvalue weighted by Gasteiger charge is 2.64. The first-order chi connectivity index (χ1) is 13.5. The second-order valence-electron chi connectivity index (χ2n) is 7.84. The van der Waals surface area contributed by atoms with Crippen molar-refractivity contribution in [2.75, 3.05) is 32.9 Å². The molecule has 0 aliphatic carbocycles. The fourth-order valence-electron chi connectivity index (χ4n) is 5.10. The Balaban J connectivity index is 1.68. The second kappa shape index (κ2) is 7.74. The summed E-state index contributed by atoms with van der Waals surface area (Å²) in [7, 11) is -3.63. The van der Waals surface area contributed by atoms with Gasteiger partial charge < -0.3 is 9.47 Å². The maximum absolute atomic E-state index is 13.4. The average Bonchev–Trinajstić information content (AvgIpc) is 3.27. The van der Waals surface area contributed by atoms with Crippen LogP contribution < -0.4 is 0 Å². The molecule has 0 radical (unpaired) electrons. The summed E-state index contributed by atoms with van der Waals surface area (Å²) >= 11 is 0. The normalized spacial score (nSPS) is 31.2. The number of esters is 1. The summed E-state index contributed by atoms with van der Waals surface area (Å²) in [6.07, 6.45) is 2.52. The lowest BCUT2D eigenvalue weighted by Crippen LogP contribution is -2.53. The van der Waals surface area contributed by atoms with Gasteiger partial charge in [-0.1, -0.05) is 30.3 Å². The molecule has 3 saturated heterocycles. The molecule has 1 aromatic carbocycles. The van der Waals surface area contributed by atoms with E-state index in [0.29, 0.717) is 52.2 Å². The van der Waals surface area contributed by atoms with Crippen molar-refractivity contribution in [3.8, 4) is 0 Å². The number of carbonyl (C=O) groups excluding carboxylic acids is 1. The van der Waals surface area contributed by atoms with Crippen molar-refractivity contribution in [3.63, 3.8) is 0 Å². The zero-order valence-corrected chi connectivity index (χ0v) is 17.1. The summed E-state index contributed by atoms with van der Waals surface area (Å²) in [4.78, 5) is 13.1. The van der Waals surface area contributed by atoms with Crippen LogP contribution >= 0.6 is 0 Å². The van der Waals surface area contributed by atoms with Crippen LogP contribution in [0.1, 0.15) is 31.7 Å². The lowest BCUT2D eigenvalue weighted by atomic mass is 9.70. The smallest absolute Gasteiger partial charge is 0.314 e. The lowest BCUT2D eigenvalue weighted by molar-refractivity contribution is -0.157. The molecule has 1 aromatic rings. The number of morpholine rings is 1. The maximum Gasteiger partial charge on any atom is 0.314 e. The molecule has 0 unspecified atom stereocenters. The van der Waals surface area contributed by atoms with Gasteiger partial charge >= 0.3 is 5.97 Å². The summed E-state index contributed by atoms with van der Waals surface area (Å²) in [5, 5.41) is 0. The van der Waals surface area contributed by atoms with Gasteiger partial charge in [-0.2, -0.15) is 17.0 Å². The maximum atomic E-state index is 13.4. The van der Waals surface area contributed by atoms with Crippen LogP contribution in [0.15, 0.2) is 30.3 Å². The Hall–Kier alpha value is -1.48. The van der Waals surface area contributed by atoms with Crippen LogP contribution in [0.5, 0.6) is 0 Å². The molecule has 2 bridgehead atoms. The van der Waals surface area contributed by atoms with Crippen molar-refractivity contribution in [2.45, 2.75) is 44.7 Å². The van der Waals surface area contributed by atoms with E-state index in [2.05, 4.69) is 0 Å². The minimum Gasteiger partial charge on any atom is -0.466 e. The van der Waals surface area contributed by atoms with Gasteiger partial charge in [0.25, 0.3) is 10.2 Å². The van der Waals surface area contributed by atoms with E-state index >= 15 is 0 Å². The number of fused-ring (bicyclic) bond motifs is 2. The van der Waals surface area contributed by atoms with Crippen molar-refractivity contribution >= 4 is 16.2 Å². The molecule has 28 heavy (non-hydrogen) atoms. The van der Waals surface area contributed by atoms with Gasteiger partial charge in [-0.05, 0) is 38.2 Å². The van der Waals surface area contributed by atoms with E-state index in [-0.39, 0.29) is 18.1 Å². The van der Waals surface area contributed by atoms with E-state index < -0.39 is 15.6 Å². The average molecular weight is 409 g/mol. The number of benzene rings is 1. The van der Waals surface area contributed by atoms with E-state index in [1.165, 1.54) is 4.31 Å². The van der Waals surface area contributed by atoms with Gasteiger partial charge in [-0.15, -0.1) is 0 Å². The molecule has 0 amide bonds. The molecule has 3 aliphatic rings. The van der Waals surface area contributed by atoms with E-state index in [0.717, 1.165) is 12.0 Å². The Bertz CT molecular complexity index is 809. The minimum atomic E-state index is -3.63. The molecule has 3 heterocycles. The quantitative estimate of drug-likeness (QED) is 0.668. The van der Waals surface area contributed by atoms with Gasteiger partial charge in [-0.3, -0.25) is 4.79 Å². The monoisotopic (exact) mass is 408 g/mol. The predicted molar refractivity (Wildman–Crippen MR) is 104 cm³/mol. The fraction of sp³-hybridized carbons (Fsp3) is 0.650. The largest absolute Gasteiger partial charge is 0.466 e. The van der Waals surface area contributed by atoms with Crippen LogP contribution in [0, 0.1) is 5.41 Å². The summed E-state index contributed by atoms with van der Waals surface area (Å²) in [6, 6.07) is 9.32. The Morgan fingerprint density at radius 1 is 1.21 bits per heavy atom. The van der Waals surface area contributed by atoms with Gasteiger partial charge in [0.1, 0.15) is 0 Å². The van der Waals surface area contributed by atoms with Crippen LogP contribution in [-0.2, 0) is 30.9 Å². The molecule has 4 rings (SSSR count). The number of carbonyl (C=O) groups is 1. The molecule has 0 N–H and O–H groups in total. The molecular weight excluding hydrogens is 380 g/mol. The Morgan fingerprint density at radius 2 is 1.93 bits per heavy atom. The molecule has 0 spiro atoms. The first-order valence-corrected chi connectivity index (χ1v) is 11.5. The van der Waals surface area contributed by atoms with Gasteiger partial charge in [-0.25, -0.2) is 0 Å². The van der Waals surface area contributed by atoms with E-state index in [9.17, 15) is 13.2 Å². The Morgan fingerprint density at radius 3 is 2.61 bits per heavy atom. The molecule has 7 nitrogen and oxygen atoms in total. The molecule has 3 fully saturated rings. The molecule has 0 saturated carbocycles. The number of ether oxygens (including phenoxy) is 2. The zero-order valence-electron chi connectivity index (χ0n) is 16.2. The topological polar surface area (TPSA) is 76.2 Å². The zero-order chi connectivity index (χ0) is 19.8. The van der Waals surface area contributed by atoms with Crippen LogP contribution in [0.3, 0.4) is 0 Å². The molecule has 3 atom stereocenters. The summed E-state index contributed by atoms with van der Waals surface area (Å²) in [5.41, 5.74) is 0.214. The van der Waals surface area contributed by atoms with Crippen LogP contribution in [0.4, 0.5) is 0 Å². The van der Waals surface area contributed by atoms with Crippen LogP contribution in [-0.4, -0.2) is 68.0 Å². The van der Waals surface area contributed by atoms with Gasteiger partial charge in [0.15, 0.2) is 0 Å². The number of hydrogen-bond acceptors (Lipinski definition) is 5. The molecule has 8 heteroatoms. The van der Waals surface area contributed by atoms with Crippen molar-refractivity contribution in [3.05, 3.63) is 35.9 Å². The molecule has 0 aromatic heterocycles. The third-order valence-corrected chi connectivity index (χ3v) is 8.39. The number of nitrogens with zero attached hydrogens (tertiary/aromatic N) is 2. The molecule has 3 aliphatic heterocycles. The third kappa shape index (κ3) is 3.26. The van der Waals surface area contributed by atoms with Gasteiger partial charge in [0, 0.05) is 25.2 Å². The highest BCUT2D eigenvalue weighted by molar-refractivity contribution is 7.86. The first kappa shape index (κ1) is 19.8. The molecular formula is C20H28N2O5S. The first-order valence-electron chi connectivity index (χ1n) is 10.1. The van der Waals surface area contributed by atoms with Crippen molar-refractivity contribution in [1.29, 1.82) is 0 Å². The Labute approximate surface area is 166 Å². The summed E-state index contributed by atoms with van der Waals surface area (Å²) in [5.74, 6) is -0.270.